The average molecular weight is 491 g/mol. The number of phosphoric acid groups is 3. The van der Waals surface area contributed by atoms with E-state index in [4.69, 9.17) is 23.8 Å². The Morgan fingerprint density at radius 3 is 2.53 bits per heavy atom. The van der Waals surface area contributed by atoms with Gasteiger partial charge in [-0.3, -0.25) is 4.52 Å². The molecule has 14 nitrogen and oxygen atoms in total. The quantitative estimate of drug-likeness (QED) is 0.324. The highest BCUT2D eigenvalue weighted by molar-refractivity contribution is 7.66. The number of aliphatic hydroxyl groups excluding tert-OH is 1. The van der Waals surface area contributed by atoms with Gasteiger partial charge in [0.2, 0.25) is 0 Å². The van der Waals surface area contributed by atoms with Crippen LogP contribution >= 0.6 is 23.5 Å². The van der Waals surface area contributed by atoms with Crippen molar-refractivity contribution in [3.63, 3.8) is 0 Å². The fraction of sp³-hybridized carbons (Fsp3) is 0.538. The number of aryl methyl sites for hydroxylation is 1. The second kappa shape index (κ2) is 8.59. The molecule has 1 aromatic rings. The topological polar surface area (TPSA) is 206 Å². The van der Waals surface area contributed by atoms with E-state index < -0.39 is 48.5 Å². The van der Waals surface area contributed by atoms with Gasteiger partial charge in [-0.05, 0) is 19.1 Å². The van der Waals surface area contributed by atoms with Crippen LogP contribution in [0.1, 0.15) is 23.5 Å². The summed E-state index contributed by atoms with van der Waals surface area (Å²) < 4.78 is 56.6. The summed E-state index contributed by atoms with van der Waals surface area (Å²) in [5, 5.41) is 10.2. The van der Waals surface area contributed by atoms with Crippen molar-refractivity contribution in [2.24, 2.45) is 0 Å². The number of hydrogen-bond donors (Lipinski definition) is 5. The third-order valence-electron chi connectivity index (χ3n) is 4.13. The molecule has 2 aliphatic rings. The monoisotopic (exact) mass is 491 g/mol. The number of phosphoric ester groups is 1. The summed E-state index contributed by atoms with van der Waals surface area (Å²) in [6.07, 6.45) is 0.827. The molecule has 0 amide bonds. The molecule has 30 heavy (non-hydrogen) atoms. The second-order valence-electron chi connectivity index (χ2n) is 6.55. The van der Waals surface area contributed by atoms with Gasteiger partial charge in [-0.15, -0.1) is 0 Å². The van der Waals surface area contributed by atoms with Crippen molar-refractivity contribution in [1.82, 2.24) is 4.90 Å². The number of rotatable bonds is 8. The van der Waals surface area contributed by atoms with Crippen LogP contribution in [0.5, 0.6) is 0 Å². The molecule has 2 aliphatic heterocycles. The van der Waals surface area contributed by atoms with Gasteiger partial charge in [-0.2, -0.15) is 8.62 Å². The van der Waals surface area contributed by atoms with Crippen LogP contribution in [-0.2, 0) is 38.1 Å². The number of nitrogens with zero attached hydrogens (tertiary/aromatic N) is 1. The third-order valence-corrected chi connectivity index (χ3v) is 7.93. The van der Waals surface area contributed by atoms with Crippen molar-refractivity contribution in [2.75, 3.05) is 6.61 Å². The van der Waals surface area contributed by atoms with Crippen LogP contribution in [0.25, 0.3) is 6.08 Å². The van der Waals surface area contributed by atoms with Crippen LogP contribution in [-0.4, -0.2) is 54.6 Å². The lowest BCUT2D eigenvalue weighted by molar-refractivity contribution is -0.0655. The molecule has 5 atom stereocenters. The lowest BCUT2D eigenvalue weighted by Crippen LogP contribution is -2.32. The van der Waals surface area contributed by atoms with E-state index in [0.717, 1.165) is 11.3 Å². The number of hydrogen-bond acceptors (Lipinski definition) is 10. The molecular weight excluding hydrogens is 471 g/mol. The molecule has 1 saturated heterocycles. The first-order valence-electron chi connectivity index (χ1n) is 8.38. The van der Waals surface area contributed by atoms with Gasteiger partial charge in [0.15, 0.2) is 0 Å². The highest BCUT2D eigenvalue weighted by atomic mass is 31.3. The first-order chi connectivity index (χ1) is 13.7. The smallest absolute Gasteiger partial charge is 0.462 e. The normalized spacial score (nSPS) is 28.2. The zero-order valence-electron chi connectivity index (χ0n) is 15.4. The molecule has 0 radical (unpaired) electrons. The third kappa shape index (κ3) is 6.33. The van der Waals surface area contributed by atoms with Crippen LogP contribution in [0.4, 0.5) is 0 Å². The average Bonchev–Trinajstić information content (AvgIpc) is 3.10. The van der Waals surface area contributed by atoms with Crippen molar-refractivity contribution in [1.29, 1.82) is 0 Å². The number of ether oxygens (including phenoxy) is 1. The van der Waals surface area contributed by atoms with E-state index in [1.807, 2.05) is 13.0 Å². The van der Waals surface area contributed by atoms with Gasteiger partial charge in [0.1, 0.15) is 23.9 Å². The van der Waals surface area contributed by atoms with Gasteiger partial charge in [0, 0.05) is 24.7 Å². The Morgan fingerprint density at radius 1 is 1.17 bits per heavy atom. The second-order valence-corrected chi connectivity index (χ2v) is 11.0. The molecule has 3 unspecified atom stereocenters. The molecule has 3 heterocycles. The maximum atomic E-state index is 11.8. The van der Waals surface area contributed by atoms with Gasteiger partial charge in [-0.25, -0.2) is 13.7 Å². The standard InChI is InChI=1S/C13H20NO13P3/c1-8-4-9-6-14(3-2-11(9)24-8)13-5-10(15)12(25-13)7-23-29(19,20)27-30(21,22)26-28(16,17)18/h2-4,10,12-13,15H,5-7H2,1H3,(H,19,20)(H,21,22)(H2,16,17,18)/t10?,12-,13-/m1/s1. The highest BCUT2D eigenvalue weighted by Gasteiger charge is 2.43. The zero-order valence-corrected chi connectivity index (χ0v) is 18.1. The van der Waals surface area contributed by atoms with Gasteiger partial charge >= 0.3 is 23.5 Å². The molecule has 170 valence electrons. The maximum Gasteiger partial charge on any atom is 0.490 e. The summed E-state index contributed by atoms with van der Waals surface area (Å²) in [5.41, 5.74) is 0.921. The molecular formula is C13H20NO13P3. The Kier molecular flexibility index (Phi) is 6.82. The molecule has 0 spiro atoms. The van der Waals surface area contributed by atoms with Crippen LogP contribution in [0.15, 0.2) is 16.7 Å². The Morgan fingerprint density at radius 2 is 1.87 bits per heavy atom. The van der Waals surface area contributed by atoms with Crippen LogP contribution in [0.2, 0.25) is 0 Å². The number of aliphatic hydroxyl groups is 1. The lowest BCUT2D eigenvalue weighted by atomic mass is 10.1. The summed E-state index contributed by atoms with van der Waals surface area (Å²) in [6.45, 7) is 1.54. The molecule has 17 heteroatoms. The fourth-order valence-corrected chi connectivity index (χ4v) is 6.03. The molecule has 1 fully saturated rings. The van der Waals surface area contributed by atoms with Gasteiger partial charge in [-0.1, -0.05) is 0 Å². The molecule has 0 aliphatic carbocycles. The van der Waals surface area contributed by atoms with Crippen LogP contribution in [0, 0.1) is 6.92 Å². The first kappa shape index (κ1) is 23.8. The summed E-state index contributed by atoms with van der Waals surface area (Å²) in [6, 6.07) is 1.87. The summed E-state index contributed by atoms with van der Waals surface area (Å²) in [4.78, 5) is 37.4. The molecule has 1 aromatic heterocycles. The molecule has 5 N–H and O–H groups in total. The molecule has 0 bridgehead atoms. The van der Waals surface area contributed by atoms with E-state index in [2.05, 4.69) is 13.1 Å². The van der Waals surface area contributed by atoms with E-state index in [1.165, 1.54) is 0 Å². The largest absolute Gasteiger partial charge is 0.490 e. The Hall–Kier alpha value is -0.850. The van der Waals surface area contributed by atoms with Gasteiger partial charge in [0.05, 0.1) is 12.7 Å². The number of fused-ring (bicyclic) bond motifs is 1. The van der Waals surface area contributed by atoms with Crippen LogP contribution < -0.4 is 0 Å². The van der Waals surface area contributed by atoms with Crippen molar-refractivity contribution < 1.29 is 60.7 Å². The van der Waals surface area contributed by atoms with Crippen molar-refractivity contribution >= 4 is 29.5 Å². The Bertz CT molecular complexity index is 954. The van der Waals surface area contributed by atoms with Gasteiger partial charge < -0.3 is 38.7 Å². The molecule has 3 rings (SSSR count). The van der Waals surface area contributed by atoms with E-state index in [-0.39, 0.29) is 6.42 Å². The minimum atomic E-state index is -5.61. The van der Waals surface area contributed by atoms with E-state index in [0.29, 0.717) is 12.3 Å². The van der Waals surface area contributed by atoms with Gasteiger partial charge in [0.25, 0.3) is 0 Å². The predicted octanol–water partition coefficient (Wildman–Crippen LogP) is 1.19. The SMILES string of the molecule is Cc1cc2c(o1)C=CN([C@H]1CC(O)[C@@H](COP(=O)(O)OP(=O)(O)OP(=O)(O)O)O1)C2. The maximum absolute atomic E-state index is 11.8. The van der Waals surface area contributed by atoms with E-state index >= 15 is 0 Å². The minimum absolute atomic E-state index is 0.140. The molecule has 0 saturated carbocycles. The van der Waals surface area contributed by atoms with Crippen molar-refractivity contribution in [3.05, 3.63) is 29.4 Å². The van der Waals surface area contributed by atoms with E-state index in [1.54, 1.807) is 17.2 Å². The Labute approximate surface area is 170 Å². The summed E-state index contributed by atoms with van der Waals surface area (Å²) in [5.74, 6) is 1.46. The lowest BCUT2D eigenvalue weighted by Gasteiger charge is -2.29. The molecule has 0 aromatic carbocycles. The first-order valence-corrected chi connectivity index (χ1v) is 12.9. The summed E-state index contributed by atoms with van der Waals surface area (Å²) in [7, 11) is -16.4. The van der Waals surface area contributed by atoms with Crippen molar-refractivity contribution in [2.45, 2.75) is 38.3 Å². The van der Waals surface area contributed by atoms with Crippen molar-refractivity contribution in [3.8, 4) is 0 Å². The fourth-order valence-electron chi connectivity index (χ4n) is 3.00. The minimum Gasteiger partial charge on any atom is -0.462 e. The predicted molar refractivity (Wildman–Crippen MR) is 97.1 cm³/mol. The summed E-state index contributed by atoms with van der Waals surface area (Å²) >= 11 is 0. The van der Waals surface area contributed by atoms with E-state index in [9.17, 15) is 23.7 Å². The Balaban J connectivity index is 1.54. The van der Waals surface area contributed by atoms with Crippen LogP contribution in [0.3, 0.4) is 0 Å². The highest BCUT2D eigenvalue weighted by Crippen LogP contribution is 2.66. The zero-order chi connectivity index (χ0) is 22.3. The number of furan rings is 1.